The molecule has 0 aliphatic heterocycles. The molecule has 0 saturated heterocycles. The Morgan fingerprint density at radius 1 is 1.14 bits per heavy atom. The number of nitrogen functional groups attached to an aromatic ring is 1. The summed E-state index contributed by atoms with van der Waals surface area (Å²) in [5.74, 6) is -0.144. The van der Waals surface area contributed by atoms with Crippen molar-refractivity contribution in [3.05, 3.63) is 54.3 Å². The Hall–Kier alpha value is -2.28. The van der Waals surface area contributed by atoms with Gasteiger partial charge in [0.15, 0.2) is 0 Å². The zero-order valence-electron chi connectivity index (χ0n) is 11.1. The van der Waals surface area contributed by atoms with Crippen LogP contribution in [0.15, 0.2) is 48.5 Å². The summed E-state index contributed by atoms with van der Waals surface area (Å²) in [6, 6.07) is 11.8. The average Bonchev–Trinajstić information content (AvgIpc) is 2.41. The number of sulfonamides is 1. The molecule has 0 radical (unpaired) electrons. The van der Waals surface area contributed by atoms with E-state index in [1.807, 2.05) is 0 Å². The van der Waals surface area contributed by atoms with Crippen molar-refractivity contribution in [2.24, 2.45) is 0 Å². The Morgan fingerprint density at radius 2 is 1.86 bits per heavy atom. The highest BCUT2D eigenvalue weighted by atomic mass is 32.2. The summed E-state index contributed by atoms with van der Waals surface area (Å²) < 4.78 is 44.1. The first kappa shape index (κ1) is 15.1. The Kier molecular flexibility index (Phi) is 4.64. The van der Waals surface area contributed by atoms with Crippen molar-refractivity contribution in [2.75, 3.05) is 22.8 Å². The summed E-state index contributed by atoms with van der Waals surface area (Å²) in [6.07, 6.45) is 0. The second kappa shape index (κ2) is 6.45. The molecule has 0 spiro atoms. The molecule has 112 valence electrons. The second-order valence-corrected chi connectivity index (χ2v) is 6.19. The normalized spacial score (nSPS) is 11.1. The number of nitrogens with one attached hydrogen (secondary N) is 1. The topological polar surface area (TPSA) is 81.4 Å². The Morgan fingerprint density at radius 3 is 2.52 bits per heavy atom. The maximum absolute atomic E-state index is 12.7. The van der Waals surface area contributed by atoms with E-state index in [0.717, 1.165) is 0 Å². The number of anilines is 2. The lowest BCUT2D eigenvalue weighted by Gasteiger charge is -2.09. The number of hydrogen-bond acceptors (Lipinski definition) is 4. The van der Waals surface area contributed by atoms with Gasteiger partial charge in [-0.1, -0.05) is 6.07 Å². The molecule has 0 saturated carbocycles. The van der Waals surface area contributed by atoms with Gasteiger partial charge >= 0.3 is 0 Å². The van der Waals surface area contributed by atoms with Crippen molar-refractivity contribution in [1.82, 2.24) is 0 Å². The van der Waals surface area contributed by atoms with Crippen LogP contribution in [0.5, 0.6) is 5.75 Å². The van der Waals surface area contributed by atoms with E-state index in [-0.39, 0.29) is 12.4 Å². The summed E-state index contributed by atoms with van der Waals surface area (Å²) >= 11 is 0. The van der Waals surface area contributed by atoms with Crippen molar-refractivity contribution >= 4 is 21.4 Å². The Labute approximate surface area is 122 Å². The largest absolute Gasteiger partial charge is 0.492 e. The van der Waals surface area contributed by atoms with E-state index in [1.54, 1.807) is 24.3 Å². The quantitative estimate of drug-likeness (QED) is 0.802. The van der Waals surface area contributed by atoms with Gasteiger partial charge < -0.3 is 10.5 Å². The number of benzene rings is 2. The lowest BCUT2D eigenvalue weighted by atomic mass is 10.3. The molecule has 21 heavy (non-hydrogen) atoms. The van der Waals surface area contributed by atoms with E-state index in [9.17, 15) is 12.8 Å². The van der Waals surface area contributed by atoms with Crippen molar-refractivity contribution in [1.29, 1.82) is 0 Å². The Bertz CT molecular complexity index is 702. The molecule has 0 amide bonds. The Balaban J connectivity index is 1.88. The number of hydrogen-bond donors (Lipinski definition) is 2. The molecule has 0 fully saturated rings. The number of halogens is 1. The molecule has 5 nitrogen and oxygen atoms in total. The van der Waals surface area contributed by atoms with Gasteiger partial charge in [0.25, 0.3) is 0 Å². The molecule has 0 aromatic heterocycles. The second-order valence-electron chi connectivity index (χ2n) is 4.35. The predicted molar refractivity (Wildman–Crippen MR) is 80.2 cm³/mol. The van der Waals surface area contributed by atoms with Crippen LogP contribution in [0.25, 0.3) is 0 Å². The summed E-state index contributed by atoms with van der Waals surface area (Å²) in [6.45, 7) is -0.0139. The van der Waals surface area contributed by atoms with Crippen molar-refractivity contribution in [3.63, 3.8) is 0 Å². The fourth-order valence-electron chi connectivity index (χ4n) is 1.62. The van der Waals surface area contributed by atoms with E-state index < -0.39 is 15.8 Å². The van der Waals surface area contributed by atoms with Crippen LogP contribution in [0.1, 0.15) is 0 Å². The van der Waals surface area contributed by atoms with Crippen LogP contribution in [0.3, 0.4) is 0 Å². The van der Waals surface area contributed by atoms with Gasteiger partial charge in [-0.2, -0.15) is 0 Å². The molecule has 3 N–H and O–H groups in total. The van der Waals surface area contributed by atoms with Crippen LogP contribution in [-0.4, -0.2) is 20.8 Å². The molecule has 0 heterocycles. The third-order valence-corrected chi connectivity index (χ3v) is 3.85. The number of ether oxygens (including phenoxy) is 1. The average molecular weight is 310 g/mol. The van der Waals surface area contributed by atoms with Gasteiger partial charge in [0, 0.05) is 17.4 Å². The van der Waals surface area contributed by atoms with Gasteiger partial charge in [-0.3, -0.25) is 4.72 Å². The maximum atomic E-state index is 12.7. The summed E-state index contributed by atoms with van der Waals surface area (Å²) in [7, 11) is -3.56. The monoisotopic (exact) mass is 310 g/mol. The highest BCUT2D eigenvalue weighted by Crippen LogP contribution is 2.15. The van der Waals surface area contributed by atoms with Gasteiger partial charge in [0.1, 0.15) is 23.9 Å². The van der Waals surface area contributed by atoms with Crippen molar-refractivity contribution in [3.8, 4) is 5.75 Å². The lowest BCUT2D eigenvalue weighted by Crippen LogP contribution is -2.21. The van der Waals surface area contributed by atoms with E-state index in [0.29, 0.717) is 17.1 Å². The molecule has 0 atom stereocenters. The molecule has 0 aliphatic rings. The van der Waals surface area contributed by atoms with E-state index >= 15 is 0 Å². The van der Waals surface area contributed by atoms with Crippen LogP contribution in [-0.2, 0) is 10.0 Å². The highest BCUT2D eigenvalue weighted by Gasteiger charge is 2.11. The third kappa shape index (κ3) is 4.96. The van der Waals surface area contributed by atoms with Gasteiger partial charge in [0.2, 0.25) is 10.0 Å². The van der Waals surface area contributed by atoms with Gasteiger partial charge in [-0.15, -0.1) is 0 Å². The molecule has 7 heteroatoms. The fourth-order valence-corrected chi connectivity index (χ4v) is 2.52. The first-order valence-electron chi connectivity index (χ1n) is 6.19. The molecule has 2 aromatic carbocycles. The van der Waals surface area contributed by atoms with Crippen LogP contribution >= 0.6 is 0 Å². The number of nitrogens with two attached hydrogens (primary N) is 1. The molecule has 0 bridgehead atoms. The lowest BCUT2D eigenvalue weighted by molar-refractivity contribution is 0.341. The highest BCUT2D eigenvalue weighted by molar-refractivity contribution is 7.92. The standard InChI is InChI=1S/C14H15FN2O3S/c15-11-4-6-13(7-5-11)17-21(18,19)9-8-20-14-3-1-2-12(16)10-14/h1-7,10,17H,8-9,16H2. The summed E-state index contributed by atoms with van der Waals surface area (Å²) in [5.41, 5.74) is 6.44. The smallest absolute Gasteiger partial charge is 0.236 e. The van der Waals surface area contributed by atoms with Crippen molar-refractivity contribution in [2.45, 2.75) is 0 Å². The molecular weight excluding hydrogens is 295 g/mol. The predicted octanol–water partition coefficient (Wildman–Crippen LogP) is 2.23. The molecule has 0 unspecified atom stereocenters. The van der Waals surface area contributed by atoms with Crippen LogP contribution in [0, 0.1) is 5.82 Å². The van der Waals surface area contributed by atoms with Crippen molar-refractivity contribution < 1.29 is 17.5 Å². The van der Waals surface area contributed by atoms with E-state index in [1.165, 1.54) is 24.3 Å². The first-order valence-corrected chi connectivity index (χ1v) is 7.84. The van der Waals surface area contributed by atoms with Gasteiger partial charge in [0.05, 0.1) is 0 Å². The van der Waals surface area contributed by atoms with Gasteiger partial charge in [-0.05, 0) is 36.4 Å². The van der Waals surface area contributed by atoms with Crippen LogP contribution in [0.2, 0.25) is 0 Å². The van der Waals surface area contributed by atoms with Gasteiger partial charge in [-0.25, -0.2) is 12.8 Å². The first-order chi connectivity index (χ1) is 9.94. The molecule has 0 aliphatic carbocycles. The minimum atomic E-state index is -3.56. The van der Waals surface area contributed by atoms with Crippen LogP contribution < -0.4 is 15.2 Å². The minimum absolute atomic E-state index is 0.0139. The summed E-state index contributed by atoms with van der Waals surface area (Å²) in [4.78, 5) is 0. The molecular formula is C14H15FN2O3S. The minimum Gasteiger partial charge on any atom is -0.492 e. The van der Waals surface area contributed by atoms with E-state index in [4.69, 9.17) is 10.5 Å². The number of rotatable bonds is 6. The van der Waals surface area contributed by atoms with Crippen LogP contribution in [0.4, 0.5) is 15.8 Å². The molecule has 2 rings (SSSR count). The maximum Gasteiger partial charge on any atom is 0.236 e. The fraction of sp³-hybridized carbons (Fsp3) is 0.143. The van der Waals surface area contributed by atoms with E-state index in [2.05, 4.69) is 4.72 Å². The zero-order valence-corrected chi connectivity index (χ0v) is 11.9. The third-order valence-electron chi connectivity index (χ3n) is 2.60. The summed E-state index contributed by atoms with van der Waals surface area (Å²) in [5, 5.41) is 0. The molecule has 2 aromatic rings. The SMILES string of the molecule is Nc1cccc(OCCS(=O)(=O)Nc2ccc(F)cc2)c1. The zero-order chi connectivity index (χ0) is 15.3.